The second-order valence-corrected chi connectivity index (χ2v) is 15.4. The zero-order chi connectivity index (χ0) is 36.7. The summed E-state index contributed by atoms with van der Waals surface area (Å²) >= 11 is 1.83. The molecule has 260 valence electrons. The summed E-state index contributed by atoms with van der Waals surface area (Å²) < 4.78 is 4.90. The third kappa shape index (κ3) is 4.68. The van der Waals surface area contributed by atoms with Gasteiger partial charge in [0, 0.05) is 42.9 Å². The van der Waals surface area contributed by atoms with Crippen molar-refractivity contribution in [1.29, 1.82) is 0 Å². The number of thiophene rings is 1. The molecule has 0 fully saturated rings. The zero-order valence-electron chi connectivity index (χ0n) is 30.0. The predicted octanol–water partition coefficient (Wildman–Crippen LogP) is 13.8. The molecule has 0 radical (unpaired) electrons. The van der Waals surface area contributed by atoms with Crippen molar-refractivity contribution in [3.63, 3.8) is 0 Å². The molecule has 0 aliphatic heterocycles. The Bertz CT molecular complexity index is 3450. The van der Waals surface area contributed by atoms with Gasteiger partial charge in [-0.1, -0.05) is 152 Å². The van der Waals surface area contributed by atoms with Crippen molar-refractivity contribution in [2.24, 2.45) is 0 Å². The molecule has 0 saturated carbocycles. The predicted molar refractivity (Wildman–Crippen MR) is 236 cm³/mol. The van der Waals surface area contributed by atoms with Gasteiger partial charge in [0.25, 0.3) is 0 Å². The molecule has 0 N–H and O–H groups in total. The first-order valence-corrected chi connectivity index (χ1v) is 19.7. The number of hydrogen-bond donors (Lipinski definition) is 0. The third-order valence-electron chi connectivity index (χ3n) is 11.2. The van der Waals surface area contributed by atoms with Gasteiger partial charge < -0.3 is 4.57 Å². The largest absolute Gasteiger partial charge is 0.307 e. The molecule has 12 aromatic rings. The lowest BCUT2D eigenvalue weighted by atomic mass is 10.0. The molecule has 0 aliphatic rings. The molecule has 9 aromatic carbocycles. The first kappa shape index (κ1) is 31.2. The molecule has 3 aromatic heterocycles. The average molecular weight is 731 g/mol. The van der Waals surface area contributed by atoms with E-state index >= 15 is 0 Å². The molecule has 0 unspecified atom stereocenters. The minimum Gasteiger partial charge on any atom is -0.307 e. The van der Waals surface area contributed by atoms with Crippen molar-refractivity contribution >= 4 is 85.6 Å². The molecule has 0 aliphatic carbocycles. The summed E-state index contributed by atoms with van der Waals surface area (Å²) in [6, 6.07) is 65.0. The summed E-state index contributed by atoms with van der Waals surface area (Å²) in [6.07, 6.45) is 0. The molecule has 12 rings (SSSR count). The summed E-state index contributed by atoms with van der Waals surface area (Å²) in [5.74, 6) is 1.92. The topological polar surface area (TPSA) is 43.6 Å². The lowest BCUT2D eigenvalue weighted by Gasteiger charge is -2.17. The highest BCUT2D eigenvalue weighted by atomic mass is 32.1. The molecular formula is C51H30N4S. The number of fused-ring (bicyclic) bond motifs is 9. The summed E-state index contributed by atoms with van der Waals surface area (Å²) in [5.41, 5.74) is 6.26. The van der Waals surface area contributed by atoms with E-state index in [1.54, 1.807) is 0 Å². The van der Waals surface area contributed by atoms with Crippen LogP contribution in [0.25, 0.3) is 114 Å². The minimum absolute atomic E-state index is 0.631. The van der Waals surface area contributed by atoms with Crippen LogP contribution >= 0.6 is 11.3 Å². The first-order chi connectivity index (χ1) is 27.8. The Morgan fingerprint density at radius 1 is 0.339 bits per heavy atom. The highest BCUT2D eigenvalue weighted by Gasteiger charge is 2.24. The van der Waals surface area contributed by atoms with Gasteiger partial charge in [0.2, 0.25) is 0 Å². The number of aromatic nitrogens is 4. The van der Waals surface area contributed by atoms with E-state index < -0.39 is 0 Å². The Kier molecular flexibility index (Phi) is 6.76. The molecule has 0 bridgehead atoms. The normalized spacial score (nSPS) is 11.9. The van der Waals surface area contributed by atoms with E-state index in [-0.39, 0.29) is 0 Å². The Morgan fingerprint density at radius 2 is 0.857 bits per heavy atom. The van der Waals surface area contributed by atoms with Gasteiger partial charge in [0.15, 0.2) is 17.5 Å². The van der Waals surface area contributed by atoms with Crippen molar-refractivity contribution in [2.45, 2.75) is 0 Å². The second kappa shape index (κ2) is 12.2. The van der Waals surface area contributed by atoms with Crippen LogP contribution in [0.2, 0.25) is 0 Å². The van der Waals surface area contributed by atoms with E-state index in [4.69, 9.17) is 15.0 Å². The van der Waals surface area contributed by atoms with E-state index in [1.165, 1.54) is 41.7 Å². The third-order valence-corrected chi connectivity index (χ3v) is 12.4. The van der Waals surface area contributed by atoms with Crippen LogP contribution in [0.5, 0.6) is 0 Å². The number of nitrogens with zero attached hydrogens (tertiary/aromatic N) is 4. The van der Waals surface area contributed by atoms with E-state index in [2.05, 4.69) is 187 Å². The van der Waals surface area contributed by atoms with Gasteiger partial charge in [-0.05, 0) is 62.6 Å². The van der Waals surface area contributed by atoms with Crippen molar-refractivity contribution in [1.82, 2.24) is 19.5 Å². The van der Waals surface area contributed by atoms with E-state index in [0.29, 0.717) is 17.5 Å². The maximum Gasteiger partial charge on any atom is 0.166 e. The van der Waals surface area contributed by atoms with Crippen LogP contribution in [0.3, 0.4) is 0 Å². The summed E-state index contributed by atoms with van der Waals surface area (Å²) in [6.45, 7) is 0. The average Bonchev–Trinajstić information content (AvgIpc) is 3.80. The zero-order valence-corrected chi connectivity index (χ0v) is 30.8. The molecule has 4 nitrogen and oxygen atoms in total. The van der Waals surface area contributed by atoms with Crippen molar-refractivity contribution in [3.05, 3.63) is 182 Å². The molecule has 0 spiro atoms. The van der Waals surface area contributed by atoms with Gasteiger partial charge in [-0.2, -0.15) is 0 Å². The molecule has 0 amide bonds. The van der Waals surface area contributed by atoms with Crippen LogP contribution in [-0.2, 0) is 0 Å². The SMILES string of the molecule is c1ccc2cc3c(cc2c1)c1ccccc1n3-c1c(-c2nc(-c3cccc4ccccc34)nc(-c3cccc4ccccc34)n2)ccc2c1sc1ccccc12. The number of benzene rings is 9. The first-order valence-electron chi connectivity index (χ1n) is 18.9. The Labute approximate surface area is 325 Å². The number of para-hydroxylation sites is 1. The fourth-order valence-electron chi connectivity index (χ4n) is 8.65. The van der Waals surface area contributed by atoms with Crippen molar-refractivity contribution in [3.8, 4) is 39.9 Å². The Hall–Kier alpha value is -7.21. The molecular weight excluding hydrogens is 701 g/mol. The molecule has 0 saturated heterocycles. The standard InChI is InChI=1S/C51H30N4S/c1-2-16-34-30-45-43(29-33(34)15-1)37-21-7-9-25-44(37)55(45)47-42(28-27-39-38-22-8-10-26-46(38)56-48(39)47)51-53-49(40-23-11-17-31-13-3-5-19-35(31)40)52-50(54-51)41-24-12-18-32-14-4-6-20-36(32)41/h1-30H. The van der Waals surface area contributed by atoms with Gasteiger partial charge in [-0.15, -0.1) is 11.3 Å². The number of rotatable bonds is 4. The van der Waals surface area contributed by atoms with Crippen molar-refractivity contribution in [2.75, 3.05) is 0 Å². The lowest BCUT2D eigenvalue weighted by molar-refractivity contribution is 1.07. The van der Waals surface area contributed by atoms with Crippen LogP contribution in [0.4, 0.5) is 0 Å². The molecule has 0 atom stereocenters. The van der Waals surface area contributed by atoms with Gasteiger partial charge in [-0.3, -0.25) is 0 Å². The van der Waals surface area contributed by atoms with Gasteiger partial charge in [0.1, 0.15) is 0 Å². The number of hydrogen-bond acceptors (Lipinski definition) is 4. The van der Waals surface area contributed by atoms with Crippen LogP contribution < -0.4 is 0 Å². The highest BCUT2D eigenvalue weighted by Crippen LogP contribution is 2.45. The summed E-state index contributed by atoms with van der Waals surface area (Å²) in [7, 11) is 0. The lowest BCUT2D eigenvalue weighted by Crippen LogP contribution is -2.04. The van der Waals surface area contributed by atoms with Crippen molar-refractivity contribution < 1.29 is 0 Å². The van der Waals surface area contributed by atoms with E-state index in [0.717, 1.165) is 55.0 Å². The smallest absolute Gasteiger partial charge is 0.166 e. The van der Waals surface area contributed by atoms with Crippen LogP contribution in [0.1, 0.15) is 0 Å². The van der Waals surface area contributed by atoms with Gasteiger partial charge in [-0.25, -0.2) is 15.0 Å². The van der Waals surface area contributed by atoms with Crippen LogP contribution in [-0.4, -0.2) is 19.5 Å². The van der Waals surface area contributed by atoms with Crippen LogP contribution in [0.15, 0.2) is 182 Å². The quantitative estimate of drug-likeness (QED) is 0.181. The van der Waals surface area contributed by atoms with E-state index in [9.17, 15) is 0 Å². The maximum atomic E-state index is 5.44. The fourth-order valence-corrected chi connectivity index (χ4v) is 9.89. The minimum atomic E-state index is 0.631. The monoisotopic (exact) mass is 730 g/mol. The molecule has 5 heteroatoms. The summed E-state index contributed by atoms with van der Waals surface area (Å²) in [5, 5.41) is 11.8. The highest BCUT2D eigenvalue weighted by molar-refractivity contribution is 7.26. The fraction of sp³-hybridized carbons (Fsp3) is 0. The van der Waals surface area contributed by atoms with Gasteiger partial charge in [0.05, 0.1) is 21.4 Å². The van der Waals surface area contributed by atoms with E-state index in [1.807, 2.05) is 11.3 Å². The maximum absolute atomic E-state index is 5.44. The summed E-state index contributed by atoms with van der Waals surface area (Å²) in [4.78, 5) is 16.2. The Balaban J connectivity index is 1.24. The van der Waals surface area contributed by atoms with Crippen LogP contribution in [0, 0.1) is 0 Å². The Morgan fingerprint density at radius 3 is 1.54 bits per heavy atom. The van der Waals surface area contributed by atoms with Gasteiger partial charge >= 0.3 is 0 Å². The second-order valence-electron chi connectivity index (χ2n) is 14.4. The molecule has 3 heterocycles. The molecule has 56 heavy (non-hydrogen) atoms.